The van der Waals surface area contributed by atoms with Crippen molar-refractivity contribution < 1.29 is 14.3 Å². The number of pyridine rings is 1. The molecule has 2 aliphatic rings. The number of esters is 1. The van der Waals surface area contributed by atoms with Crippen LogP contribution in [0.3, 0.4) is 0 Å². The van der Waals surface area contributed by atoms with Gasteiger partial charge in [-0.25, -0.2) is 4.79 Å². The molecule has 0 spiro atoms. The van der Waals surface area contributed by atoms with Crippen molar-refractivity contribution in [2.24, 2.45) is 5.92 Å². The Bertz CT molecular complexity index is 1370. The number of para-hydroxylation sites is 1. The Morgan fingerprint density at radius 1 is 1.21 bits per heavy atom. The molecule has 3 N–H and O–H groups in total. The van der Waals surface area contributed by atoms with Gasteiger partial charge in [-0.2, -0.15) is 5.26 Å². The highest BCUT2D eigenvalue weighted by molar-refractivity contribution is 6.12. The van der Waals surface area contributed by atoms with Crippen molar-refractivity contribution in [3.8, 4) is 6.07 Å². The fraction of sp³-hybridized carbons (Fsp3) is 0.360. The van der Waals surface area contributed by atoms with E-state index in [0.29, 0.717) is 40.2 Å². The highest BCUT2D eigenvalue weighted by atomic mass is 16.5. The SMILES string of the molecule is COC(=O)c1cccc2c1[nH]c(=O)c1cc(CC(C#N)NC(=O)[C@H]3N[C@@H]4CC[C@H]3C4)ccc12. The molecule has 2 fully saturated rings. The molecule has 8 heteroatoms. The summed E-state index contributed by atoms with van der Waals surface area (Å²) in [6.07, 6.45) is 3.47. The molecular weight excluding hydrogens is 420 g/mol. The Morgan fingerprint density at radius 3 is 2.76 bits per heavy atom. The number of benzene rings is 2. The number of H-pyrrole nitrogens is 1. The first-order valence-corrected chi connectivity index (χ1v) is 11.1. The lowest BCUT2D eigenvalue weighted by atomic mass is 9.97. The molecule has 168 valence electrons. The van der Waals surface area contributed by atoms with Crippen molar-refractivity contribution in [3.63, 3.8) is 0 Å². The van der Waals surface area contributed by atoms with Gasteiger partial charge in [0.2, 0.25) is 5.91 Å². The molecule has 1 aromatic heterocycles. The second kappa shape index (κ2) is 8.34. The van der Waals surface area contributed by atoms with Crippen LogP contribution in [0.5, 0.6) is 0 Å². The van der Waals surface area contributed by atoms with Crippen LogP contribution in [-0.4, -0.2) is 42.1 Å². The van der Waals surface area contributed by atoms with Crippen molar-refractivity contribution in [2.45, 2.75) is 43.8 Å². The van der Waals surface area contributed by atoms with Gasteiger partial charge in [-0.1, -0.05) is 24.3 Å². The standard InChI is InChI=1S/C25H24N4O4/c1-33-25(32)19-4-2-3-18-17-8-5-13(10-20(17)23(30)29-22(18)19)9-16(12-26)28-24(31)21-14-6-7-15(11-14)27-21/h2-5,8,10,14-16,21,27H,6-7,9,11H2,1H3,(H,28,31)(H,29,30)/t14-,15+,16?,21-/m0/s1. The summed E-state index contributed by atoms with van der Waals surface area (Å²) in [6, 6.07) is 12.2. The normalized spacial score (nSPS) is 22.2. The van der Waals surface area contributed by atoms with Gasteiger partial charge in [0, 0.05) is 23.2 Å². The fourth-order valence-electron chi connectivity index (χ4n) is 5.29. The molecule has 5 rings (SSSR count). The van der Waals surface area contributed by atoms with E-state index in [1.54, 1.807) is 18.2 Å². The minimum absolute atomic E-state index is 0.131. The molecule has 0 radical (unpaired) electrons. The van der Waals surface area contributed by atoms with E-state index in [-0.39, 0.29) is 17.5 Å². The molecule has 33 heavy (non-hydrogen) atoms. The van der Waals surface area contributed by atoms with Crippen molar-refractivity contribution in [3.05, 3.63) is 57.9 Å². The van der Waals surface area contributed by atoms with Gasteiger partial charge in [-0.3, -0.25) is 9.59 Å². The summed E-state index contributed by atoms with van der Waals surface area (Å²) in [5.41, 5.74) is 1.15. The van der Waals surface area contributed by atoms with Gasteiger partial charge >= 0.3 is 5.97 Å². The van der Waals surface area contributed by atoms with E-state index < -0.39 is 12.0 Å². The Hall–Kier alpha value is -3.70. The van der Waals surface area contributed by atoms with Crippen LogP contribution in [0.15, 0.2) is 41.2 Å². The maximum atomic E-state index is 12.8. The Morgan fingerprint density at radius 2 is 2.06 bits per heavy atom. The quantitative estimate of drug-likeness (QED) is 0.409. The Kier molecular flexibility index (Phi) is 5.35. The lowest BCUT2D eigenvalue weighted by Crippen LogP contribution is -2.50. The molecule has 1 saturated heterocycles. The molecule has 1 aliphatic heterocycles. The van der Waals surface area contributed by atoms with Gasteiger partial charge in [-0.05, 0) is 48.3 Å². The minimum Gasteiger partial charge on any atom is -0.465 e. The number of fused-ring (bicyclic) bond motifs is 5. The molecule has 8 nitrogen and oxygen atoms in total. The molecule has 1 unspecified atom stereocenters. The van der Waals surface area contributed by atoms with Crippen LogP contribution in [0.1, 0.15) is 35.2 Å². The van der Waals surface area contributed by atoms with E-state index in [4.69, 9.17) is 4.74 Å². The Labute approximate surface area is 189 Å². The summed E-state index contributed by atoms with van der Waals surface area (Å²) in [6.45, 7) is 0. The van der Waals surface area contributed by atoms with Gasteiger partial charge in [0.25, 0.3) is 5.56 Å². The van der Waals surface area contributed by atoms with Gasteiger partial charge in [-0.15, -0.1) is 0 Å². The third-order valence-corrected chi connectivity index (χ3v) is 6.88. The lowest BCUT2D eigenvalue weighted by Gasteiger charge is -2.23. The molecule has 4 atom stereocenters. The minimum atomic E-state index is -0.693. The smallest absolute Gasteiger partial charge is 0.339 e. The van der Waals surface area contributed by atoms with Crippen LogP contribution in [0.4, 0.5) is 0 Å². The molecule has 3 aromatic rings. The van der Waals surface area contributed by atoms with Gasteiger partial charge in [0.05, 0.1) is 30.3 Å². The molecule has 1 aliphatic carbocycles. The summed E-state index contributed by atoms with van der Waals surface area (Å²) < 4.78 is 4.83. The van der Waals surface area contributed by atoms with Gasteiger partial charge < -0.3 is 20.4 Å². The number of nitrogens with zero attached hydrogens (tertiary/aromatic N) is 1. The second-order valence-corrected chi connectivity index (χ2v) is 8.86. The lowest BCUT2D eigenvalue weighted by molar-refractivity contribution is -0.124. The number of nitrogens with one attached hydrogen (secondary N) is 3. The summed E-state index contributed by atoms with van der Waals surface area (Å²) >= 11 is 0. The van der Waals surface area contributed by atoms with Crippen LogP contribution in [0, 0.1) is 17.2 Å². The zero-order chi connectivity index (χ0) is 23.1. The number of methoxy groups -OCH3 is 1. The maximum Gasteiger partial charge on any atom is 0.339 e. The fourth-order valence-corrected chi connectivity index (χ4v) is 5.29. The number of carbonyl (C=O) groups is 2. The third kappa shape index (κ3) is 3.74. The number of hydrogen-bond acceptors (Lipinski definition) is 6. The number of aromatic amines is 1. The number of rotatable bonds is 5. The highest BCUT2D eigenvalue weighted by Crippen LogP contribution is 2.35. The van der Waals surface area contributed by atoms with Crippen LogP contribution in [0.25, 0.3) is 21.7 Å². The third-order valence-electron chi connectivity index (χ3n) is 6.88. The van der Waals surface area contributed by atoms with Crippen molar-refractivity contribution in [2.75, 3.05) is 7.11 Å². The van der Waals surface area contributed by atoms with Gasteiger partial charge in [0.15, 0.2) is 0 Å². The van der Waals surface area contributed by atoms with Crippen LogP contribution >= 0.6 is 0 Å². The molecule has 1 saturated carbocycles. The Balaban J connectivity index is 1.42. The summed E-state index contributed by atoms with van der Waals surface area (Å²) in [5, 5.41) is 17.7. The molecule has 2 bridgehead atoms. The number of carbonyl (C=O) groups excluding carboxylic acids is 2. The second-order valence-electron chi connectivity index (χ2n) is 8.86. The number of ether oxygens (including phenoxy) is 1. The van der Waals surface area contributed by atoms with E-state index >= 15 is 0 Å². The number of hydrogen-bond donors (Lipinski definition) is 3. The predicted molar refractivity (Wildman–Crippen MR) is 123 cm³/mol. The number of piperidine rings is 1. The van der Waals surface area contributed by atoms with Crippen LogP contribution in [0.2, 0.25) is 0 Å². The number of aromatic nitrogens is 1. The molecular formula is C25H24N4O4. The first-order valence-electron chi connectivity index (χ1n) is 11.1. The van der Waals surface area contributed by atoms with E-state index in [0.717, 1.165) is 30.2 Å². The average molecular weight is 444 g/mol. The molecule has 2 aromatic carbocycles. The first-order chi connectivity index (χ1) is 16.0. The summed E-state index contributed by atoms with van der Waals surface area (Å²) in [4.78, 5) is 40.4. The van der Waals surface area contributed by atoms with Crippen molar-refractivity contribution in [1.29, 1.82) is 5.26 Å². The van der Waals surface area contributed by atoms with Crippen molar-refractivity contribution in [1.82, 2.24) is 15.6 Å². The maximum absolute atomic E-state index is 12.8. The highest BCUT2D eigenvalue weighted by Gasteiger charge is 2.43. The van der Waals surface area contributed by atoms with Gasteiger partial charge in [0.1, 0.15) is 6.04 Å². The molecule has 1 amide bonds. The van der Waals surface area contributed by atoms with E-state index in [1.165, 1.54) is 7.11 Å². The summed E-state index contributed by atoms with van der Waals surface area (Å²) in [5.74, 6) is -0.310. The monoisotopic (exact) mass is 444 g/mol. The van der Waals surface area contributed by atoms with Crippen LogP contribution < -0.4 is 16.2 Å². The average Bonchev–Trinajstić information content (AvgIpc) is 3.47. The zero-order valence-electron chi connectivity index (χ0n) is 18.2. The van der Waals surface area contributed by atoms with E-state index in [2.05, 4.69) is 21.7 Å². The largest absolute Gasteiger partial charge is 0.465 e. The number of nitriles is 1. The zero-order valence-corrected chi connectivity index (χ0v) is 18.2. The number of amides is 1. The van der Waals surface area contributed by atoms with E-state index in [9.17, 15) is 19.6 Å². The molecule has 2 heterocycles. The topological polar surface area (TPSA) is 124 Å². The van der Waals surface area contributed by atoms with E-state index in [1.807, 2.05) is 18.2 Å². The van der Waals surface area contributed by atoms with Crippen molar-refractivity contribution >= 4 is 33.6 Å². The first kappa shape index (κ1) is 21.2. The summed E-state index contributed by atoms with van der Waals surface area (Å²) in [7, 11) is 1.30. The predicted octanol–water partition coefficient (Wildman–Crippen LogP) is 2.16. The van der Waals surface area contributed by atoms with Crippen LogP contribution in [-0.2, 0) is 16.0 Å².